The molecule has 0 N–H and O–H groups in total. The Bertz CT molecular complexity index is 208. The van der Waals surface area contributed by atoms with Crippen LogP contribution in [0.5, 0.6) is 0 Å². The minimum Gasteiger partial charge on any atom is -0.140 e. The molecule has 0 radical (unpaired) electrons. The quantitative estimate of drug-likeness (QED) is 0.386. The van der Waals surface area contributed by atoms with Crippen molar-refractivity contribution in [3.05, 3.63) is 0 Å². The molecule has 0 aliphatic carbocycles. The Labute approximate surface area is 105 Å². The highest BCUT2D eigenvalue weighted by atomic mass is 32.8. The number of hydrogen-bond acceptors (Lipinski definition) is 3. The van der Waals surface area contributed by atoms with Gasteiger partial charge < -0.3 is 0 Å². The summed E-state index contributed by atoms with van der Waals surface area (Å²) < 4.78 is 1.32. The first kappa shape index (κ1) is 15.7. The summed E-state index contributed by atoms with van der Waals surface area (Å²) in [6.07, 6.45) is 2.22. The maximum absolute atomic E-state index is 5.61. The van der Waals surface area contributed by atoms with Gasteiger partial charge in [-0.05, 0) is 12.9 Å². The fourth-order valence-corrected chi connectivity index (χ4v) is 27.2. The van der Waals surface area contributed by atoms with Crippen molar-refractivity contribution in [2.45, 2.75) is 39.3 Å². The Kier molecular flexibility index (Phi) is 6.51. The van der Waals surface area contributed by atoms with Crippen LogP contribution in [-0.2, 0) is 0 Å². The molecule has 0 spiro atoms. The molecule has 0 nitrogen and oxygen atoms in total. The molecule has 0 heterocycles. The van der Waals surface area contributed by atoms with Crippen molar-refractivity contribution in [2.75, 3.05) is 6.26 Å². The molecule has 0 bridgehead atoms. The van der Waals surface area contributed by atoms with E-state index in [2.05, 4.69) is 45.5 Å². The number of rotatable bonds is 4. The summed E-state index contributed by atoms with van der Waals surface area (Å²) in [6, 6.07) is 0. The molecule has 0 aromatic heterocycles. The van der Waals surface area contributed by atoms with Gasteiger partial charge in [-0.1, -0.05) is 51.5 Å². The summed E-state index contributed by atoms with van der Waals surface area (Å²) in [5.74, 6) is 0. The third kappa shape index (κ3) is 6.28. The van der Waals surface area contributed by atoms with Crippen LogP contribution in [-0.4, -0.2) is 25.2 Å². The Hall–Kier alpha value is 1.65. The van der Waals surface area contributed by atoms with Crippen molar-refractivity contribution in [3.8, 4) is 0 Å². The number of hydrogen-bond donors (Lipinski definition) is 0. The molecule has 0 aliphatic rings. The van der Waals surface area contributed by atoms with Gasteiger partial charge in [-0.15, -0.1) is 22.6 Å². The monoisotopic (exact) mass is 300 g/mol. The fourth-order valence-electron chi connectivity index (χ4n) is 0.926. The molecule has 0 aliphatic heterocycles. The zero-order valence-electron chi connectivity index (χ0n) is 10.2. The maximum atomic E-state index is 5.61. The molecular formula is C8H21PS3Si2. The fraction of sp³-hybridized carbons (Fsp3) is 0.875. The topological polar surface area (TPSA) is 0 Å². The molecule has 0 amide bonds. The molecule has 14 heavy (non-hydrogen) atoms. The van der Waals surface area contributed by atoms with Crippen molar-refractivity contribution < 1.29 is 0 Å². The second-order valence-corrected chi connectivity index (χ2v) is 29.8. The molecule has 0 aromatic carbocycles. The lowest BCUT2D eigenvalue weighted by Gasteiger charge is -2.30. The minimum absolute atomic E-state index is 0.0403. The molecule has 0 saturated carbocycles. The largest absolute Gasteiger partial charge is 0.140 e. The highest BCUT2D eigenvalue weighted by Gasteiger charge is 2.32. The SMILES string of the molecule is CSP(C(=S)S[Si](C)(C)C)[Si](C)(C)C. The van der Waals surface area contributed by atoms with E-state index in [1.165, 1.54) is 3.94 Å². The second kappa shape index (κ2) is 5.83. The maximum Gasteiger partial charge on any atom is 0.115 e. The van der Waals surface area contributed by atoms with E-state index in [1.54, 1.807) is 0 Å². The first-order chi connectivity index (χ1) is 6.08. The first-order valence-electron chi connectivity index (χ1n) is 4.65. The summed E-state index contributed by atoms with van der Waals surface area (Å²) in [7, 11) is -2.14. The van der Waals surface area contributed by atoms with Gasteiger partial charge in [0.2, 0.25) is 0 Å². The van der Waals surface area contributed by atoms with Gasteiger partial charge in [0, 0.05) is 0 Å². The van der Waals surface area contributed by atoms with Gasteiger partial charge in [-0.25, -0.2) is 0 Å². The van der Waals surface area contributed by atoms with Gasteiger partial charge in [0.15, 0.2) is 0 Å². The van der Waals surface area contributed by atoms with Crippen LogP contribution in [0.25, 0.3) is 0 Å². The smallest absolute Gasteiger partial charge is 0.115 e. The summed E-state index contributed by atoms with van der Waals surface area (Å²) in [4.78, 5) is 0. The molecule has 0 aromatic rings. The van der Waals surface area contributed by atoms with E-state index in [0.717, 1.165) is 0 Å². The van der Waals surface area contributed by atoms with E-state index in [4.69, 9.17) is 12.2 Å². The van der Waals surface area contributed by atoms with Crippen LogP contribution in [0.2, 0.25) is 39.3 Å². The summed E-state index contributed by atoms with van der Waals surface area (Å²) in [5, 5.41) is 0. The van der Waals surface area contributed by atoms with Crippen LogP contribution in [0.4, 0.5) is 0 Å². The van der Waals surface area contributed by atoms with E-state index in [1.807, 2.05) is 22.6 Å². The highest BCUT2D eigenvalue weighted by Crippen LogP contribution is 2.60. The molecule has 0 saturated heterocycles. The van der Waals surface area contributed by atoms with Crippen LogP contribution >= 0.6 is 41.5 Å². The van der Waals surface area contributed by atoms with Crippen LogP contribution in [0.15, 0.2) is 0 Å². The van der Waals surface area contributed by atoms with Gasteiger partial charge in [0.25, 0.3) is 0 Å². The third-order valence-corrected chi connectivity index (χ3v) is 23.3. The molecular weight excluding hydrogens is 279 g/mol. The normalized spacial score (nSPS) is 15.4. The number of thiocarbonyl (C=S) groups is 1. The van der Waals surface area contributed by atoms with Crippen molar-refractivity contribution in [3.63, 3.8) is 0 Å². The van der Waals surface area contributed by atoms with Gasteiger partial charge in [-0.3, -0.25) is 0 Å². The van der Waals surface area contributed by atoms with Gasteiger partial charge in [0.05, 0.1) is 11.7 Å². The van der Waals surface area contributed by atoms with Crippen molar-refractivity contribution in [1.29, 1.82) is 0 Å². The van der Waals surface area contributed by atoms with E-state index < -0.39 is 15.0 Å². The third-order valence-electron chi connectivity index (χ3n) is 1.35. The Morgan fingerprint density at radius 3 is 1.71 bits per heavy atom. The molecule has 0 fully saturated rings. The lowest BCUT2D eigenvalue weighted by atomic mass is 11.8. The molecule has 1 atom stereocenters. The summed E-state index contributed by atoms with van der Waals surface area (Å²) >= 11 is 9.65. The van der Waals surface area contributed by atoms with Crippen molar-refractivity contribution in [2.24, 2.45) is 0 Å². The van der Waals surface area contributed by atoms with Crippen LogP contribution in [0.1, 0.15) is 0 Å². The molecule has 1 unspecified atom stereocenters. The van der Waals surface area contributed by atoms with Crippen molar-refractivity contribution in [1.82, 2.24) is 0 Å². The van der Waals surface area contributed by atoms with Crippen LogP contribution in [0.3, 0.4) is 0 Å². The molecule has 84 valence electrons. The first-order valence-corrected chi connectivity index (χ1v) is 17.6. The Balaban J connectivity index is 4.50. The van der Waals surface area contributed by atoms with Gasteiger partial charge in [-0.2, -0.15) is 0 Å². The van der Waals surface area contributed by atoms with E-state index >= 15 is 0 Å². The predicted molar refractivity (Wildman–Crippen MR) is 87.3 cm³/mol. The van der Waals surface area contributed by atoms with E-state index in [-0.39, 0.29) is 6.67 Å². The van der Waals surface area contributed by atoms with Gasteiger partial charge in [0.1, 0.15) is 7.22 Å². The van der Waals surface area contributed by atoms with Crippen LogP contribution < -0.4 is 0 Å². The molecule has 0 rings (SSSR count). The lowest BCUT2D eigenvalue weighted by molar-refractivity contribution is 1.87. The standard InChI is InChI=1S/C8H21PS3Si2/c1-11-9(13(2,3)4)8(10)12-14(5,6)7/h1-7H3. The van der Waals surface area contributed by atoms with Crippen molar-refractivity contribution >= 4 is 60.4 Å². The Morgan fingerprint density at radius 1 is 1.07 bits per heavy atom. The highest BCUT2D eigenvalue weighted by molar-refractivity contribution is 8.78. The zero-order valence-corrected chi connectivity index (χ0v) is 15.5. The predicted octanol–water partition coefficient (Wildman–Crippen LogP) is 5.43. The van der Waals surface area contributed by atoms with Gasteiger partial charge >= 0.3 is 0 Å². The second-order valence-electron chi connectivity index (χ2n) is 5.13. The zero-order chi connectivity index (χ0) is 11.6. The average molecular weight is 301 g/mol. The minimum atomic E-state index is -1.08. The summed E-state index contributed by atoms with van der Waals surface area (Å²) in [6.45, 7) is 14.4. The van der Waals surface area contributed by atoms with Crippen LogP contribution in [0, 0.1) is 0 Å². The lowest BCUT2D eigenvalue weighted by Crippen LogP contribution is -2.22. The van der Waals surface area contributed by atoms with E-state index in [0.29, 0.717) is 0 Å². The summed E-state index contributed by atoms with van der Waals surface area (Å²) in [5.41, 5.74) is 0. The molecule has 6 heteroatoms. The Morgan fingerprint density at radius 2 is 1.50 bits per heavy atom. The average Bonchev–Trinajstić information content (AvgIpc) is 1.79. The van der Waals surface area contributed by atoms with E-state index in [9.17, 15) is 0 Å².